The first kappa shape index (κ1) is 15.8. The third kappa shape index (κ3) is 2.38. The molecule has 0 N–H and O–H groups in total. The van der Waals surface area contributed by atoms with Crippen molar-refractivity contribution >= 4 is 5.97 Å². The predicted octanol–water partition coefficient (Wildman–Crippen LogP) is 3.81. The highest BCUT2D eigenvalue weighted by Crippen LogP contribution is 2.65. The molecule has 0 amide bonds. The van der Waals surface area contributed by atoms with E-state index in [0.717, 1.165) is 18.8 Å². The fourth-order valence-corrected chi connectivity index (χ4v) is 3.76. The van der Waals surface area contributed by atoms with Crippen molar-refractivity contribution in [3.05, 3.63) is 0 Å². The van der Waals surface area contributed by atoms with Gasteiger partial charge in [0.1, 0.15) is 5.60 Å². The molecule has 0 bridgehead atoms. The van der Waals surface area contributed by atoms with E-state index in [-0.39, 0.29) is 17.0 Å². The Labute approximate surface area is 123 Å². The first-order chi connectivity index (χ1) is 9.20. The molecule has 0 aromatic carbocycles. The van der Waals surface area contributed by atoms with Crippen LogP contribution in [-0.2, 0) is 14.3 Å². The molecule has 0 saturated heterocycles. The first-order valence-corrected chi connectivity index (χ1v) is 7.92. The fourth-order valence-electron chi connectivity index (χ4n) is 3.76. The lowest BCUT2D eigenvalue weighted by Crippen LogP contribution is -2.52. The topological polar surface area (TPSA) is 35.5 Å². The number of hydrogen-bond donors (Lipinski definition) is 0. The van der Waals surface area contributed by atoms with Crippen LogP contribution < -0.4 is 0 Å². The number of esters is 1. The van der Waals surface area contributed by atoms with E-state index in [9.17, 15) is 4.79 Å². The average molecular weight is 282 g/mol. The molecular formula is C17H30O3. The normalized spacial score (nSPS) is 32.9. The quantitative estimate of drug-likeness (QED) is 0.695. The summed E-state index contributed by atoms with van der Waals surface area (Å²) in [6, 6.07) is 0. The molecule has 0 aromatic heterocycles. The van der Waals surface area contributed by atoms with Gasteiger partial charge in [0, 0.05) is 18.4 Å². The van der Waals surface area contributed by atoms with Gasteiger partial charge in [-0.05, 0) is 45.4 Å². The van der Waals surface area contributed by atoms with Gasteiger partial charge in [-0.1, -0.05) is 20.8 Å². The number of carbonyl (C=O) groups excluding carboxylic acids is 1. The molecule has 2 fully saturated rings. The molecule has 2 aliphatic carbocycles. The second-order valence-electron chi connectivity index (χ2n) is 7.97. The number of methoxy groups -OCH3 is 1. The van der Waals surface area contributed by atoms with Crippen molar-refractivity contribution in [3.8, 4) is 0 Å². The zero-order valence-electron chi connectivity index (χ0n) is 13.9. The summed E-state index contributed by atoms with van der Waals surface area (Å²) in [5.74, 6) is 1.27. The molecule has 116 valence electrons. The van der Waals surface area contributed by atoms with Gasteiger partial charge >= 0.3 is 5.97 Å². The largest absolute Gasteiger partial charge is 0.458 e. The van der Waals surface area contributed by atoms with Crippen LogP contribution in [0, 0.1) is 22.7 Å². The maximum atomic E-state index is 12.6. The monoisotopic (exact) mass is 282 g/mol. The minimum absolute atomic E-state index is 0.0447. The molecule has 0 radical (unpaired) electrons. The van der Waals surface area contributed by atoms with E-state index in [4.69, 9.17) is 9.47 Å². The summed E-state index contributed by atoms with van der Waals surface area (Å²) in [7, 11) is 1.73. The number of fused-ring (bicyclic) bond motifs is 1. The second-order valence-corrected chi connectivity index (χ2v) is 7.97. The van der Waals surface area contributed by atoms with E-state index >= 15 is 0 Å². The van der Waals surface area contributed by atoms with Gasteiger partial charge in [-0.15, -0.1) is 0 Å². The van der Waals surface area contributed by atoms with Crippen LogP contribution in [0.3, 0.4) is 0 Å². The lowest BCUT2D eigenvalue weighted by atomic mass is 9.71. The number of hydrogen-bond acceptors (Lipinski definition) is 3. The zero-order valence-corrected chi connectivity index (χ0v) is 13.9. The van der Waals surface area contributed by atoms with E-state index in [2.05, 4.69) is 13.8 Å². The molecule has 3 nitrogen and oxygen atoms in total. The summed E-state index contributed by atoms with van der Waals surface area (Å²) < 4.78 is 11.6. The van der Waals surface area contributed by atoms with Crippen LogP contribution in [-0.4, -0.2) is 25.3 Å². The van der Waals surface area contributed by atoms with Crippen molar-refractivity contribution in [1.82, 2.24) is 0 Å². The standard InChI is InChI=1S/C17H30O3/c1-7-15(2,3)14(18)20-17(16(4,5)11-19-6)9-8-12-10-13(12)17/h12-13H,7-11H2,1-6H3. The Hall–Kier alpha value is -0.570. The highest BCUT2D eigenvalue weighted by Gasteiger charge is 2.66. The van der Waals surface area contributed by atoms with Crippen molar-refractivity contribution in [1.29, 1.82) is 0 Å². The molecule has 0 aliphatic heterocycles. The Morgan fingerprint density at radius 2 is 1.95 bits per heavy atom. The minimum atomic E-state index is -0.400. The van der Waals surface area contributed by atoms with Crippen molar-refractivity contribution < 1.29 is 14.3 Å². The number of rotatable bonds is 6. The Balaban J connectivity index is 2.24. The molecule has 3 unspecified atom stereocenters. The maximum Gasteiger partial charge on any atom is 0.312 e. The van der Waals surface area contributed by atoms with Gasteiger partial charge in [-0.3, -0.25) is 4.79 Å². The third-order valence-electron chi connectivity index (χ3n) is 5.77. The molecule has 0 heterocycles. The molecule has 2 aliphatic rings. The van der Waals surface area contributed by atoms with E-state index in [1.807, 2.05) is 20.8 Å². The zero-order chi connectivity index (χ0) is 15.2. The molecule has 0 aromatic rings. The molecule has 20 heavy (non-hydrogen) atoms. The van der Waals surface area contributed by atoms with Crippen molar-refractivity contribution in [2.45, 2.75) is 65.9 Å². The lowest BCUT2D eigenvalue weighted by molar-refractivity contribution is -0.194. The van der Waals surface area contributed by atoms with Crippen molar-refractivity contribution in [2.24, 2.45) is 22.7 Å². The van der Waals surface area contributed by atoms with Gasteiger partial charge in [0.15, 0.2) is 0 Å². The Bertz CT molecular complexity index is 386. The summed E-state index contributed by atoms with van der Waals surface area (Å²) in [4.78, 5) is 12.6. The molecule has 0 spiro atoms. The van der Waals surface area contributed by atoms with E-state index in [0.29, 0.717) is 12.5 Å². The smallest absolute Gasteiger partial charge is 0.312 e. The van der Waals surface area contributed by atoms with Gasteiger partial charge < -0.3 is 9.47 Å². The van der Waals surface area contributed by atoms with E-state index in [1.165, 1.54) is 12.8 Å². The highest BCUT2D eigenvalue weighted by molar-refractivity contribution is 5.76. The van der Waals surface area contributed by atoms with Crippen molar-refractivity contribution in [2.75, 3.05) is 13.7 Å². The fraction of sp³-hybridized carbons (Fsp3) is 0.941. The predicted molar refractivity (Wildman–Crippen MR) is 79.4 cm³/mol. The Morgan fingerprint density at radius 1 is 1.30 bits per heavy atom. The summed E-state index contributed by atoms with van der Waals surface area (Å²) in [5, 5.41) is 0. The second kappa shape index (κ2) is 5.01. The first-order valence-electron chi connectivity index (χ1n) is 7.92. The molecule has 2 rings (SSSR count). The lowest BCUT2D eigenvalue weighted by Gasteiger charge is -2.46. The van der Waals surface area contributed by atoms with Crippen LogP contribution in [0.2, 0.25) is 0 Å². The van der Waals surface area contributed by atoms with Crippen molar-refractivity contribution in [3.63, 3.8) is 0 Å². The summed E-state index contributed by atoms with van der Waals surface area (Å²) in [5.41, 5.74) is -0.850. The van der Waals surface area contributed by atoms with Crippen LogP contribution >= 0.6 is 0 Å². The SMILES string of the molecule is CCC(C)(C)C(=O)OC1(C(C)(C)COC)CCC2CC21. The van der Waals surface area contributed by atoms with Crippen LogP contribution in [0.5, 0.6) is 0 Å². The summed E-state index contributed by atoms with van der Waals surface area (Å²) in [6.07, 6.45) is 4.20. The molecular weight excluding hydrogens is 252 g/mol. The minimum Gasteiger partial charge on any atom is -0.458 e. The van der Waals surface area contributed by atoms with Gasteiger partial charge in [0.25, 0.3) is 0 Å². The molecule has 3 atom stereocenters. The van der Waals surface area contributed by atoms with Crippen LogP contribution in [0.1, 0.15) is 60.3 Å². The van der Waals surface area contributed by atoms with Crippen LogP contribution in [0.4, 0.5) is 0 Å². The van der Waals surface area contributed by atoms with Gasteiger partial charge in [0.05, 0.1) is 12.0 Å². The van der Waals surface area contributed by atoms with E-state index in [1.54, 1.807) is 7.11 Å². The molecule has 3 heteroatoms. The Kier molecular flexibility index (Phi) is 3.96. The third-order valence-corrected chi connectivity index (χ3v) is 5.77. The van der Waals surface area contributed by atoms with Crippen LogP contribution in [0.15, 0.2) is 0 Å². The highest BCUT2D eigenvalue weighted by atomic mass is 16.6. The van der Waals surface area contributed by atoms with Gasteiger partial charge in [-0.2, -0.15) is 0 Å². The maximum absolute atomic E-state index is 12.6. The molecule has 2 saturated carbocycles. The van der Waals surface area contributed by atoms with Gasteiger partial charge in [-0.25, -0.2) is 0 Å². The van der Waals surface area contributed by atoms with E-state index < -0.39 is 5.41 Å². The Morgan fingerprint density at radius 3 is 2.35 bits per heavy atom. The van der Waals surface area contributed by atoms with Crippen LogP contribution in [0.25, 0.3) is 0 Å². The number of carbonyl (C=O) groups is 1. The number of ether oxygens (including phenoxy) is 2. The average Bonchev–Trinajstić information content (AvgIpc) is 3.06. The summed E-state index contributed by atoms with van der Waals surface area (Å²) >= 11 is 0. The summed E-state index contributed by atoms with van der Waals surface area (Å²) in [6.45, 7) is 11.0. The van der Waals surface area contributed by atoms with Gasteiger partial charge in [0.2, 0.25) is 0 Å².